The molecule has 0 saturated heterocycles. The van der Waals surface area contributed by atoms with Gasteiger partial charge in [-0.25, -0.2) is 0 Å². The van der Waals surface area contributed by atoms with Crippen molar-refractivity contribution in [3.05, 3.63) is 22.3 Å². The van der Waals surface area contributed by atoms with Gasteiger partial charge in [-0.1, -0.05) is 13.8 Å². The molecule has 1 aromatic rings. The molecule has 2 nitrogen and oxygen atoms in total. The topological polar surface area (TPSA) is 52.0 Å². The van der Waals surface area contributed by atoms with Crippen molar-refractivity contribution in [2.45, 2.75) is 46.0 Å². The smallest absolute Gasteiger partial charge is 0.0583 e. The van der Waals surface area contributed by atoms with E-state index in [1.54, 1.807) is 0 Å². The Labute approximate surface area is 91.7 Å². The molecule has 4 N–H and O–H groups in total. The van der Waals surface area contributed by atoms with Gasteiger partial charge in [0.1, 0.15) is 0 Å². The Bertz CT molecular complexity index is 431. The first kappa shape index (κ1) is 10.3. The highest BCUT2D eigenvalue weighted by Gasteiger charge is 2.34. The van der Waals surface area contributed by atoms with E-state index < -0.39 is 0 Å². The van der Waals surface area contributed by atoms with Crippen LogP contribution in [0.5, 0.6) is 0 Å². The summed E-state index contributed by atoms with van der Waals surface area (Å²) in [5.41, 5.74) is 19.1. The first-order valence-corrected chi connectivity index (χ1v) is 5.53. The molecule has 0 fully saturated rings. The number of nitrogen functional groups attached to an aromatic ring is 2. The molecule has 0 aromatic heterocycles. The van der Waals surface area contributed by atoms with Crippen LogP contribution < -0.4 is 11.5 Å². The molecule has 0 saturated carbocycles. The van der Waals surface area contributed by atoms with E-state index >= 15 is 0 Å². The van der Waals surface area contributed by atoms with Crippen LogP contribution in [0, 0.1) is 13.8 Å². The molecule has 0 radical (unpaired) electrons. The fourth-order valence-electron chi connectivity index (χ4n) is 2.91. The summed E-state index contributed by atoms with van der Waals surface area (Å²) >= 11 is 0. The zero-order valence-electron chi connectivity index (χ0n) is 10.1. The van der Waals surface area contributed by atoms with E-state index in [4.69, 9.17) is 11.5 Å². The van der Waals surface area contributed by atoms with Gasteiger partial charge in [-0.05, 0) is 54.4 Å². The molecule has 0 amide bonds. The van der Waals surface area contributed by atoms with Crippen LogP contribution in [0.25, 0.3) is 0 Å². The quantitative estimate of drug-likeness (QED) is 0.638. The van der Waals surface area contributed by atoms with Crippen molar-refractivity contribution in [2.24, 2.45) is 0 Å². The first-order chi connectivity index (χ1) is 6.86. The molecule has 1 aromatic carbocycles. The molecule has 1 aliphatic carbocycles. The molecule has 2 heteroatoms. The van der Waals surface area contributed by atoms with Crippen molar-refractivity contribution in [1.29, 1.82) is 0 Å². The van der Waals surface area contributed by atoms with Crippen LogP contribution in [0.15, 0.2) is 0 Å². The van der Waals surface area contributed by atoms with Crippen LogP contribution in [0.2, 0.25) is 0 Å². The van der Waals surface area contributed by atoms with Crippen LogP contribution in [-0.2, 0) is 11.8 Å². The second-order valence-electron chi connectivity index (χ2n) is 5.31. The van der Waals surface area contributed by atoms with Crippen molar-refractivity contribution in [3.63, 3.8) is 0 Å². The monoisotopic (exact) mass is 204 g/mol. The number of rotatable bonds is 0. The van der Waals surface area contributed by atoms with Crippen molar-refractivity contribution < 1.29 is 0 Å². The zero-order chi connectivity index (χ0) is 11.4. The molecular formula is C13H20N2. The summed E-state index contributed by atoms with van der Waals surface area (Å²) < 4.78 is 0. The van der Waals surface area contributed by atoms with Gasteiger partial charge >= 0.3 is 0 Å². The van der Waals surface area contributed by atoms with Gasteiger partial charge < -0.3 is 11.5 Å². The minimum atomic E-state index is 0.256. The average Bonchev–Trinajstić information content (AvgIpc) is 2.48. The number of anilines is 2. The van der Waals surface area contributed by atoms with E-state index in [9.17, 15) is 0 Å². The Morgan fingerprint density at radius 3 is 2.13 bits per heavy atom. The van der Waals surface area contributed by atoms with Gasteiger partial charge in [0.15, 0.2) is 0 Å². The predicted octanol–water partition coefficient (Wildman–Crippen LogP) is 2.69. The first-order valence-electron chi connectivity index (χ1n) is 5.53. The van der Waals surface area contributed by atoms with Crippen molar-refractivity contribution in [3.8, 4) is 0 Å². The SMILES string of the molecule is Cc1c(N)c(N)c(C)c2c1CCC2(C)C. The Morgan fingerprint density at radius 1 is 1.00 bits per heavy atom. The molecule has 0 aliphatic heterocycles. The van der Waals surface area contributed by atoms with Gasteiger partial charge in [-0.3, -0.25) is 0 Å². The van der Waals surface area contributed by atoms with Gasteiger partial charge in [0.2, 0.25) is 0 Å². The lowest BCUT2D eigenvalue weighted by Crippen LogP contribution is -2.16. The van der Waals surface area contributed by atoms with E-state index in [2.05, 4.69) is 27.7 Å². The molecule has 0 unspecified atom stereocenters. The fraction of sp³-hybridized carbons (Fsp3) is 0.538. The lowest BCUT2D eigenvalue weighted by Gasteiger charge is -2.24. The number of hydrogen-bond acceptors (Lipinski definition) is 2. The minimum absolute atomic E-state index is 0.256. The number of benzene rings is 1. The lowest BCUT2D eigenvalue weighted by molar-refractivity contribution is 0.520. The molecule has 0 bridgehead atoms. The summed E-state index contributed by atoms with van der Waals surface area (Å²) in [4.78, 5) is 0. The van der Waals surface area contributed by atoms with E-state index in [1.165, 1.54) is 28.7 Å². The molecule has 2 rings (SSSR count). The van der Waals surface area contributed by atoms with E-state index in [-0.39, 0.29) is 5.41 Å². The third kappa shape index (κ3) is 1.24. The summed E-state index contributed by atoms with van der Waals surface area (Å²) in [6, 6.07) is 0. The molecule has 0 spiro atoms. The highest BCUT2D eigenvalue weighted by Crippen LogP contribution is 2.45. The van der Waals surface area contributed by atoms with Crippen molar-refractivity contribution in [1.82, 2.24) is 0 Å². The van der Waals surface area contributed by atoms with E-state index in [0.29, 0.717) is 0 Å². The maximum absolute atomic E-state index is 6.05. The average molecular weight is 204 g/mol. The second kappa shape index (κ2) is 2.91. The molecule has 0 heterocycles. The molecule has 0 atom stereocenters. The molecule has 1 aliphatic rings. The lowest BCUT2D eigenvalue weighted by atomic mass is 9.82. The van der Waals surface area contributed by atoms with E-state index in [1.807, 2.05) is 0 Å². The summed E-state index contributed by atoms with van der Waals surface area (Å²) in [5.74, 6) is 0. The van der Waals surface area contributed by atoms with Gasteiger partial charge in [0, 0.05) is 0 Å². The van der Waals surface area contributed by atoms with Crippen LogP contribution in [0.4, 0.5) is 11.4 Å². The third-order valence-electron chi connectivity index (χ3n) is 3.90. The number of nitrogens with two attached hydrogens (primary N) is 2. The predicted molar refractivity (Wildman–Crippen MR) is 66.1 cm³/mol. The Hall–Kier alpha value is -1.18. The summed E-state index contributed by atoms with van der Waals surface area (Å²) in [6.07, 6.45) is 2.34. The normalized spacial score (nSPS) is 17.9. The van der Waals surface area contributed by atoms with Gasteiger partial charge in [-0.15, -0.1) is 0 Å². The van der Waals surface area contributed by atoms with Crippen LogP contribution in [0.3, 0.4) is 0 Å². The van der Waals surface area contributed by atoms with Crippen molar-refractivity contribution in [2.75, 3.05) is 11.5 Å². The Kier molecular flexibility index (Phi) is 2.00. The minimum Gasteiger partial charge on any atom is -0.397 e. The maximum atomic E-state index is 6.05. The van der Waals surface area contributed by atoms with Crippen LogP contribution in [0.1, 0.15) is 42.5 Å². The second-order valence-corrected chi connectivity index (χ2v) is 5.31. The standard InChI is InChI=1S/C13H20N2/c1-7-9-5-6-13(3,4)10(9)8(2)12(15)11(7)14/h5-6,14-15H2,1-4H3. The number of fused-ring (bicyclic) bond motifs is 1. The largest absolute Gasteiger partial charge is 0.397 e. The van der Waals surface area contributed by atoms with Crippen LogP contribution >= 0.6 is 0 Å². The molecule has 82 valence electrons. The van der Waals surface area contributed by atoms with Gasteiger partial charge in [-0.2, -0.15) is 0 Å². The summed E-state index contributed by atoms with van der Waals surface area (Å²) in [5, 5.41) is 0. The van der Waals surface area contributed by atoms with Crippen LogP contribution in [-0.4, -0.2) is 0 Å². The zero-order valence-corrected chi connectivity index (χ0v) is 10.1. The maximum Gasteiger partial charge on any atom is 0.0583 e. The van der Waals surface area contributed by atoms with Crippen molar-refractivity contribution >= 4 is 11.4 Å². The number of hydrogen-bond donors (Lipinski definition) is 2. The van der Waals surface area contributed by atoms with Gasteiger partial charge in [0.25, 0.3) is 0 Å². The highest BCUT2D eigenvalue weighted by atomic mass is 14.7. The summed E-state index contributed by atoms with van der Waals surface area (Å²) in [6.45, 7) is 8.77. The highest BCUT2D eigenvalue weighted by molar-refractivity contribution is 5.76. The van der Waals surface area contributed by atoms with E-state index in [0.717, 1.165) is 17.8 Å². The summed E-state index contributed by atoms with van der Waals surface area (Å²) in [7, 11) is 0. The molecule has 15 heavy (non-hydrogen) atoms. The fourth-order valence-corrected chi connectivity index (χ4v) is 2.91. The van der Waals surface area contributed by atoms with Gasteiger partial charge in [0.05, 0.1) is 11.4 Å². The Morgan fingerprint density at radius 2 is 1.53 bits per heavy atom. The third-order valence-corrected chi connectivity index (χ3v) is 3.90. The molecular weight excluding hydrogens is 184 g/mol. The Balaban J connectivity index is 2.82.